The van der Waals surface area contributed by atoms with E-state index in [4.69, 9.17) is 5.73 Å². The summed E-state index contributed by atoms with van der Waals surface area (Å²) in [6.07, 6.45) is -4.38. The topological polar surface area (TPSA) is 56.0 Å². The zero-order valence-electron chi connectivity index (χ0n) is 12.4. The third-order valence-corrected chi connectivity index (χ3v) is 4.16. The number of alkyl halides is 3. The van der Waals surface area contributed by atoms with Crippen LogP contribution in [0.4, 0.5) is 13.2 Å². The summed E-state index contributed by atoms with van der Waals surface area (Å²) >= 11 is 1.91. The largest absolute Gasteiger partial charge is 0.416 e. The van der Waals surface area contributed by atoms with Crippen molar-refractivity contribution in [3.63, 3.8) is 0 Å². The van der Waals surface area contributed by atoms with Crippen LogP contribution < -0.4 is 5.73 Å². The smallest absolute Gasteiger partial charge is 0.366 e. The molecule has 0 saturated heterocycles. The fraction of sp³-hybridized carbons (Fsp3) is 0.250. The van der Waals surface area contributed by atoms with Gasteiger partial charge in [-0.1, -0.05) is 26.0 Å². The molecular formula is C16H14F3IN2O. The van der Waals surface area contributed by atoms with E-state index >= 15 is 0 Å². The van der Waals surface area contributed by atoms with Crippen LogP contribution in [0, 0.1) is 3.70 Å². The minimum atomic E-state index is -4.38. The molecule has 2 rings (SSSR count). The molecule has 0 aliphatic carbocycles. The summed E-state index contributed by atoms with van der Waals surface area (Å²) in [5, 5.41) is 0. The summed E-state index contributed by atoms with van der Waals surface area (Å²) in [6, 6.07) is 6.47. The van der Waals surface area contributed by atoms with Crippen molar-refractivity contribution in [1.29, 1.82) is 0 Å². The predicted molar refractivity (Wildman–Crippen MR) is 90.0 cm³/mol. The molecule has 1 heterocycles. The Labute approximate surface area is 145 Å². The molecule has 0 aliphatic heterocycles. The average Bonchev–Trinajstić information content (AvgIpc) is 2.45. The van der Waals surface area contributed by atoms with Crippen molar-refractivity contribution in [1.82, 2.24) is 4.98 Å². The van der Waals surface area contributed by atoms with Crippen molar-refractivity contribution in [2.45, 2.75) is 25.9 Å². The Morgan fingerprint density at radius 2 is 1.78 bits per heavy atom. The second-order valence-corrected chi connectivity index (χ2v) is 6.38. The standard InChI is InChI=1S/C16H14F3IN2O/c1-8(2)11-7-12(22-14(20)13(11)15(21)23)9-3-5-10(6-4-9)16(17,18)19/h3-8H,1-2H3,(H2,21,23). The van der Waals surface area contributed by atoms with Crippen molar-refractivity contribution in [2.24, 2.45) is 5.73 Å². The van der Waals surface area contributed by atoms with Crippen molar-refractivity contribution < 1.29 is 18.0 Å². The Hall–Kier alpha value is -1.64. The summed E-state index contributed by atoms with van der Waals surface area (Å²) in [5.41, 5.74) is 6.83. The number of rotatable bonds is 3. The van der Waals surface area contributed by atoms with E-state index in [-0.39, 0.29) is 5.92 Å². The molecule has 0 bridgehead atoms. The van der Waals surface area contributed by atoms with Gasteiger partial charge in [0.05, 0.1) is 16.8 Å². The molecule has 23 heavy (non-hydrogen) atoms. The fourth-order valence-corrected chi connectivity index (χ4v) is 3.05. The second kappa shape index (κ2) is 6.46. The second-order valence-electron chi connectivity index (χ2n) is 5.36. The molecule has 0 spiro atoms. The van der Waals surface area contributed by atoms with Crippen LogP contribution in [0.5, 0.6) is 0 Å². The highest BCUT2D eigenvalue weighted by Crippen LogP contribution is 2.32. The highest BCUT2D eigenvalue weighted by molar-refractivity contribution is 14.1. The van der Waals surface area contributed by atoms with E-state index in [1.54, 1.807) is 6.07 Å². The van der Waals surface area contributed by atoms with Crippen molar-refractivity contribution in [2.75, 3.05) is 0 Å². The molecule has 1 aromatic carbocycles. The monoisotopic (exact) mass is 434 g/mol. The van der Waals surface area contributed by atoms with E-state index in [2.05, 4.69) is 4.98 Å². The zero-order valence-corrected chi connectivity index (χ0v) is 14.6. The Morgan fingerprint density at radius 3 is 2.22 bits per heavy atom. The summed E-state index contributed by atoms with van der Waals surface area (Å²) in [7, 11) is 0. The molecule has 2 aromatic rings. The van der Waals surface area contributed by atoms with E-state index in [0.29, 0.717) is 20.5 Å². The highest BCUT2D eigenvalue weighted by atomic mass is 127. The molecule has 2 N–H and O–H groups in total. The van der Waals surface area contributed by atoms with Gasteiger partial charge in [0.1, 0.15) is 3.70 Å². The van der Waals surface area contributed by atoms with Crippen LogP contribution in [0.2, 0.25) is 0 Å². The number of primary amides is 1. The van der Waals surface area contributed by atoms with Crippen LogP contribution in [-0.2, 0) is 6.18 Å². The number of hydrogen-bond donors (Lipinski definition) is 1. The first kappa shape index (κ1) is 17.7. The molecule has 0 fully saturated rings. The number of nitrogens with two attached hydrogens (primary N) is 1. The van der Waals surface area contributed by atoms with Gasteiger partial charge in [-0.3, -0.25) is 4.79 Å². The maximum absolute atomic E-state index is 12.6. The summed E-state index contributed by atoms with van der Waals surface area (Å²) in [5.74, 6) is -0.535. The first-order valence-corrected chi connectivity index (χ1v) is 7.87. The summed E-state index contributed by atoms with van der Waals surface area (Å²) in [4.78, 5) is 15.9. The maximum atomic E-state index is 12.6. The molecule has 0 aliphatic rings. The number of carbonyl (C=O) groups excluding carboxylic acids is 1. The lowest BCUT2D eigenvalue weighted by Gasteiger charge is -2.14. The normalized spacial score (nSPS) is 11.8. The van der Waals surface area contributed by atoms with E-state index in [1.165, 1.54) is 12.1 Å². The van der Waals surface area contributed by atoms with Crippen molar-refractivity contribution in [3.05, 3.63) is 50.7 Å². The van der Waals surface area contributed by atoms with Gasteiger partial charge in [0.2, 0.25) is 0 Å². The number of amides is 1. The van der Waals surface area contributed by atoms with E-state index in [1.807, 2.05) is 36.4 Å². The van der Waals surface area contributed by atoms with Gasteiger partial charge in [0.15, 0.2) is 0 Å². The minimum absolute atomic E-state index is 0.0298. The van der Waals surface area contributed by atoms with Crippen molar-refractivity contribution >= 4 is 28.5 Å². The number of halogens is 4. The van der Waals surface area contributed by atoms with Gasteiger partial charge in [-0.05, 0) is 52.3 Å². The Bertz CT molecular complexity index is 740. The Kier molecular flexibility index (Phi) is 4.98. The molecule has 0 unspecified atom stereocenters. The average molecular weight is 434 g/mol. The molecular weight excluding hydrogens is 420 g/mol. The lowest BCUT2D eigenvalue weighted by molar-refractivity contribution is -0.137. The van der Waals surface area contributed by atoms with Gasteiger partial charge in [0, 0.05) is 5.56 Å². The van der Waals surface area contributed by atoms with E-state index in [9.17, 15) is 18.0 Å². The Balaban J connectivity index is 2.54. The van der Waals surface area contributed by atoms with Crippen LogP contribution >= 0.6 is 22.6 Å². The van der Waals surface area contributed by atoms with Gasteiger partial charge < -0.3 is 5.73 Å². The molecule has 0 atom stereocenters. The Morgan fingerprint density at radius 1 is 1.22 bits per heavy atom. The number of benzene rings is 1. The first-order chi connectivity index (χ1) is 10.6. The number of carbonyl (C=O) groups is 1. The number of aromatic nitrogens is 1. The quantitative estimate of drug-likeness (QED) is 0.568. The van der Waals surface area contributed by atoms with Gasteiger partial charge in [0.25, 0.3) is 5.91 Å². The van der Waals surface area contributed by atoms with Crippen LogP contribution in [-0.4, -0.2) is 10.9 Å². The third-order valence-electron chi connectivity index (χ3n) is 3.38. The molecule has 3 nitrogen and oxygen atoms in total. The van der Waals surface area contributed by atoms with Crippen molar-refractivity contribution in [3.8, 4) is 11.3 Å². The number of pyridine rings is 1. The van der Waals surface area contributed by atoms with Gasteiger partial charge in [-0.15, -0.1) is 0 Å². The molecule has 0 saturated carbocycles. The van der Waals surface area contributed by atoms with Crippen LogP contribution in [0.15, 0.2) is 30.3 Å². The van der Waals surface area contributed by atoms with Crippen LogP contribution in [0.1, 0.15) is 41.3 Å². The van der Waals surface area contributed by atoms with E-state index in [0.717, 1.165) is 17.7 Å². The third kappa shape index (κ3) is 3.82. The molecule has 122 valence electrons. The first-order valence-electron chi connectivity index (χ1n) is 6.79. The lowest BCUT2D eigenvalue weighted by Crippen LogP contribution is -2.17. The lowest BCUT2D eigenvalue weighted by atomic mass is 9.96. The fourth-order valence-electron chi connectivity index (χ4n) is 2.21. The highest BCUT2D eigenvalue weighted by Gasteiger charge is 2.30. The van der Waals surface area contributed by atoms with Gasteiger partial charge in [-0.25, -0.2) is 4.98 Å². The molecule has 1 amide bonds. The van der Waals surface area contributed by atoms with Crippen LogP contribution in [0.25, 0.3) is 11.3 Å². The summed E-state index contributed by atoms with van der Waals surface area (Å²) < 4.78 is 38.3. The minimum Gasteiger partial charge on any atom is -0.366 e. The maximum Gasteiger partial charge on any atom is 0.416 e. The molecule has 1 aromatic heterocycles. The van der Waals surface area contributed by atoms with Gasteiger partial charge in [-0.2, -0.15) is 13.2 Å². The van der Waals surface area contributed by atoms with E-state index < -0.39 is 17.6 Å². The van der Waals surface area contributed by atoms with Crippen LogP contribution in [0.3, 0.4) is 0 Å². The zero-order chi connectivity index (χ0) is 17.4. The number of nitrogens with zero attached hydrogens (tertiary/aromatic N) is 1. The van der Waals surface area contributed by atoms with Gasteiger partial charge >= 0.3 is 6.18 Å². The summed E-state index contributed by atoms with van der Waals surface area (Å²) in [6.45, 7) is 3.82. The molecule has 0 radical (unpaired) electrons. The number of hydrogen-bond acceptors (Lipinski definition) is 2. The SMILES string of the molecule is CC(C)c1cc(-c2ccc(C(F)(F)F)cc2)nc(I)c1C(N)=O. The molecule has 7 heteroatoms. The predicted octanol–water partition coefficient (Wildman–Crippen LogP) is 4.59.